The minimum atomic E-state index is -3.46. The van der Waals surface area contributed by atoms with Gasteiger partial charge in [-0.1, -0.05) is 30.3 Å². The largest absolute Gasteiger partial charge is 0.330 e. The molecule has 0 saturated heterocycles. The maximum atomic E-state index is 12.2. The van der Waals surface area contributed by atoms with E-state index in [-0.39, 0.29) is 18.4 Å². The summed E-state index contributed by atoms with van der Waals surface area (Å²) in [6, 6.07) is 9.42. The van der Waals surface area contributed by atoms with Crippen LogP contribution < -0.4 is 10.5 Å². The number of halogens is 1. The molecule has 1 rings (SSSR count). The van der Waals surface area contributed by atoms with Crippen LogP contribution in [0.5, 0.6) is 0 Å². The molecule has 20 heavy (non-hydrogen) atoms. The summed E-state index contributed by atoms with van der Waals surface area (Å²) < 4.78 is 28.5. The van der Waals surface area contributed by atoms with Crippen molar-refractivity contribution in [2.45, 2.75) is 32.9 Å². The molecule has 7 heteroatoms. The van der Waals surface area contributed by atoms with Gasteiger partial charge in [-0.15, -0.1) is 12.4 Å². The fourth-order valence-corrected chi connectivity index (χ4v) is 3.14. The quantitative estimate of drug-likeness (QED) is 0.762. The number of benzene rings is 1. The highest BCUT2D eigenvalue weighted by molar-refractivity contribution is 7.87. The van der Waals surface area contributed by atoms with Crippen molar-refractivity contribution < 1.29 is 8.42 Å². The van der Waals surface area contributed by atoms with Gasteiger partial charge in [0.25, 0.3) is 10.2 Å². The van der Waals surface area contributed by atoms with Crippen molar-refractivity contribution >= 4 is 22.6 Å². The van der Waals surface area contributed by atoms with Gasteiger partial charge in [0.05, 0.1) is 0 Å². The van der Waals surface area contributed by atoms with E-state index in [4.69, 9.17) is 5.73 Å². The molecule has 0 unspecified atom stereocenters. The molecule has 1 aromatic carbocycles. The Hall–Kier alpha value is -0.660. The molecule has 0 amide bonds. The van der Waals surface area contributed by atoms with Crippen molar-refractivity contribution in [1.82, 2.24) is 9.03 Å². The van der Waals surface area contributed by atoms with Crippen LogP contribution in [0, 0.1) is 0 Å². The highest BCUT2D eigenvalue weighted by Gasteiger charge is 2.22. The lowest BCUT2D eigenvalue weighted by atomic mass is 10.2. The lowest BCUT2D eigenvalue weighted by Gasteiger charge is -2.23. The van der Waals surface area contributed by atoms with Crippen molar-refractivity contribution in [2.75, 3.05) is 13.1 Å². The van der Waals surface area contributed by atoms with E-state index in [2.05, 4.69) is 4.72 Å². The van der Waals surface area contributed by atoms with Crippen molar-refractivity contribution in [3.8, 4) is 0 Å². The normalized spacial score (nSPS) is 11.7. The molecular weight excluding hydrogens is 298 g/mol. The minimum Gasteiger partial charge on any atom is -0.330 e. The van der Waals surface area contributed by atoms with Crippen molar-refractivity contribution in [3.63, 3.8) is 0 Å². The highest BCUT2D eigenvalue weighted by Crippen LogP contribution is 2.09. The van der Waals surface area contributed by atoms with E-state index in [9.17, 15) is 8.42 Å². The maximum Gasteiger partial charge on any atom is 0.279 e. The molecule has 0 atom stereocenters. The van der Waals surface area contributed by atoms with Gasteiger partial charge in [-0.05, 0) is 32.4 Å². The zero-order valence-corrected chi connectivity index (χ0v) is 13.6. The second-order valence-corrected chi connectivity index (χ2v) is 6.44. The first-order valence-electron chi connectivity index (χ1n) is 6.47. The molecule has 0 aliphatic carbocycles. The predicted molar refractivity (Wildman–Crippen MR) is 85.0 cm³/mol. The van der Waals surface area contributed by atoms with Crippen LogP contribution in [0.15, 0.2) is 30.3 Å². The Balaban J connectivity index is 0.00000361. The molecule has 0 aromatic heterocycles. The van der Waals surface area contributed by atoms with Crippen LogP contribution in [0.25, 0.3) is 0 Å². The first-order chi connectivity index (χ1) is 8.95. The number of hydrogen-bond donors (Lipinski definition) is 2. The van der Waals surface area contributed by atoms with E-state index in [1.807, 2.05) is 30.3 Å². The van der Waals surface area contributed by atoms with Crippen LogP contribution in [-0.2, 0) is 16.8 Å². The molecule has 0 aliphatic rings. The average Bonchev–Trinajstić information content (AvgIpc) is 2.34. The number of nitrogens with two attached hydrogens (primary N) is 1. The SMILES string of the molecule is CC(C)NS(=O)(=O)N(CCCN)Cc1ccccc1.Cl. The number of nitrogens with one attached hydrogen (secondary N) is 1. The van der Waals surface area contributed by atoms with E-state index < -0.39 is 10.2 Å². The molecular formula is C13H24ClN3O2S. The average molecular weight is 322 g/mol. The van der Waals surface area contributed by atoms with Crippen LogP contribution in [0.1, 0.15) is 25.8 Å². The maximum absolute atomic E-state index is 12.2. The van der Waals surface area contributed by atoms with E-state index in [0.29, 0.717) is 26.1 Å². The molecule has 0 heterocycles. The fourth-order valence-electron chi connectivity index (χ4n) is 1.71. The highest BCUT2D eigenvalue weighted by atomic mass is 35.5. The van der Waals surface area contributed by atoms with Crippen LogP contribution in [-0.4, -0.2) is 31.9 Å². The summed E-state index contributed by atoms with van der Waals surface area (Å²) in [6.07, 6.45) is 0.645. The van der Waals surface area contributed by atoms with Gasteiger partial charge in [-0.2, -0.15) is 17.4 Å². The van der Waals surface area contributed by atoms with Crippen LogP contribution in [0.2, 0.25) is 0 Å². The summed E-state index contributed by atoms with van der Waals surface area (Å²) in [4.78, 5) is 0. The summed E-state index contributed by atoms with van der Waals surface area (Å²) in [5.41, 5.74) is 6.44. The number of rotatable bonds is 8. The molecule has 3 N–H and O–H groups in total. The molecule has 1 aromatic rings. The summed E-state index contributed by atoms with van der Waals surface area (Å²) >= 11 is 0. The Bertz CT molecular complexity index is 466. The van der Waals surface area contributed by atoms with Gasteiger partial charge in [0, 0.05) is 19.1 Å². The molecule has 0 fully saturated rings. The van der Waals surface area contributed by atoms with Gasteiger partial charge in [-0.25, -0.2) is 0 Å². The smallest absolute Gasteiger partial charge is 0.279 e. The predicted octanol–water partition coefficient (Wildman–Crippen LogP) is 1.50. The zero-order valence-electron chi connectivity index (χ0n) is 12.0. The summed E-state index contributed by atoms with van der Waals surface area (Å²) in [7, 11) is -3.46. The molecule has 0 spiro atoms. The third-order valence-electron chi connectivity index (χ3n) is 2.54. The fraction of sp³-hybridized carbons (Fsp3) is 0.538. The van der Waals surface area contributed by atoms with Gasteiger partial charge < -0.3 is 5.73 Å². The second kappa shape index (κ2) is 9.31. The van der Waals surface area contributed by atoms with E-state index in [0.717, 1.165) is 5.56 Å². The summed E-state index contributed by atoms with van der Waals surface area (Å²) in [5.74, 6) is 0. The van der Waals surface area contributed by atoms with Crippen LogP contribution in [0.3, 0.4) is 0 Å². The van der Waals surface area contributed by atoms with E-state index in [1.54, 1.807) is 13.8 Å². The molecule has 0 radical (unpaired) electrons. The van der Waals surface area contributed by atoms with Gasteiger partial charge in [0.1, 0.15) is 0 Å². The lowest BCUT2D eigenvalue weighted by Crippen LogP contribution is -2.44. The minimum absolute atomic E-state index is 0. The van der Waals surface area contributed by atoms with E-state index in [1.165, 1.54) is 4.31 Å². The first-order valence-corrected chi connectivity index (χ1v) is 7.91. The van der Waals surface area contributed by atoms with Gasteiger partial charge in [-0.3, -0.25) is 0 Å². The van der Waals surface area contributed by atoms with Gasteiger partial charge in [0.15, 0.2) is 0 Å². The third kappa shape index (κ3) is 6.67. The number of nitrogens with zero attached hydrogens (tertiary/aromatic N) is 1. The molecule has 116 valence electrons. The Labute approximate surface area is 128 Å². The molecule has 0 bridgehead atoms. The Morgan fingerprint density at radius 2 is 1.85 bits per heavy atom. The Kier molecular flexibility index (Phi) is 9.00. The molecule has 0 saturated carbocycles. The lowest BCUT2D eigenvalue weighted by molar-refractivity contribution is 0.390. The topological polar surface area (TPSA) is 75.4 Å². The van der Waals surface area contributed by atoms with Crippen molar-refractivity contribution in [3.05, 3.63) is 35.9 Å². The van der Waals surface area contributed by atoms with Crippen molar-refractivity contribution in [2.24, 2.45) is 5.73 Å². The van der Waals surface area contributed by atoms with Crippen LogP contribution in [0.4, 0.5) is 0 Å². The third-order valence-corrected chi connectivity index (χ3v) is 4.30. The number of hydrogen-bond acceptors (Lipinski definition) is 3. The summed E-state index contributed by atoms with van der Waals surface area (Å²) in [6.45, 7) is 4.88. The zero-order chi connectivity index (χ0) is 14.3. The molecule has 5 nitrogen and oxygen atoms in total. The van der Waals surface area contributed by atoms with Gasteiger partial charge in [0.2, 0.25) is 0 Å². The first kappa shape index (κ1) is 19.3. The van der Waals surface area contributed by atoms with Gasteiger partial charge >= 0.3 is 0 Å². The Morgan fingerprint density at radius 1 is 1.25 bits per heavy atom. The van der Waals surface area contributed by atoms with E-state index >= 15 is 0 Å². The Morgan fingerprint density at radius 3 is 2.35 bits per heavy atom. The van der Waals surface area contributed by atoms with Crippen molar-refractivity contribution in [1.29, 1.82) is 0 Å². The van der Waals surface area contributed by atoms with Crippen LogP contribution >= 0.6 is 12.4 Å². The summed E-state index contributed by atoms with van der Waals surface area (Å²) in [5, 5.41) is 0. The molecule has 0 aliphatic heterocycles. The second-order valence-electron chi connectivity index (χ2n) is 4.74. The monoisotopic (exact) mass is 321 g/mol. The standard InChI is InChI=1S/C13H23N3O2S.ClH/c1-12(2)15-19(17,18)16(10-6-9-14)11-13-7-4-3-5-8-13;/h3-5,7-8,12,15H,6,9-11,14H2,1-2H3;1H.